The van der Waals surface area contributed by atoms with Crippen LogP contribution in [0.3, 0.4) is 0 Å². The average Bonchev–Trinajstić information content (AvgIpc) is 2.37. The van der Waals surface area contributed by atoms with Gasteiger partial charge in [-0.1, -0.05) is 20.8 Å². The molecule has 0 aliphatic carbocycles. The maximum Gasteiger partial charge on any atom is 0.145 e. The third kappa shape index (κ3) is 2.22. The van der Waals surface area contributed by atoms with E-state index in [2.05, 4.69) is 0 Å². The van der Waals surface area contributed by atoms with Crippen LogP contribution in [0.25, 0.3) is 0 Å². The van der Waals surface area contributed by atoms with Crippen molar-refractivity contribution in [3.63, 3.8) is 0 Å². The molecule has 0 saturated heterocycles. The summed E-state index contributed by atoms with van der Waals surface area (Å²) < 4.78 is 5.08. The molecule has 1 rings (SSSR count). The summed E-state index contributed by atoms with van der Waals surface area (Å²) in [7, 11) is 0. The molecule has 0 fully saturated rings. The highest BCUT2D eigenvalue weighted by molar-refractivity contribution is 5.85. The van der Waals surface area contributed by atoms with Crippen LogP contribution in [0.5, 0.6) is 0 Å². The first-order chi connectivity index (χ1) is 5.50. The molecule has 0 bridgehead atoms. The van der Waals surface area contributed by atoms with E-state index in [4.69, 9.17) is 4.42 Å². The summed E-state index contributed by atoms with van der Waals surface area (Å²) in [5.74, 6) is 0.951. The Balaban J connectivity index is 2.60. The summed E-state index contributed by atoms with van der Waals surface area (Å²) in [6.07, 6.45) is 1.99. The van der Waals surface area contributed by atoms with Gasteiger partial charge >= 0.3 is 0 Å². The maximum atomic E-state index is 11.5. The molecule has 0 atom stereocenters. The van der Waals surface area contributed by atoms with Crippen LogP contribution in [-0.4, -0.2) is 5.78 Å². The first-order valence-corrected chi connectivity index (χ1v) is 4.06. The Bertz CT molecular complexity index is 252. The maximum absolute atomic E-state index is 11.5. The van der Waals surface area contributed by atoms with E-state index in [0.717, 1.165) is 5.76 Å². The van der Waals surface area contributed by atoms with Gasteiger partial charge in [0.15, 0.2) is 0 Å². The standard InChI is InChI=1S/C10H14O2/c1-10(2,3)9(11)7-8-5-4-6-12-8/h4-6H,7H2,1-3H3. The van der Waals surface area contributed by atoms with Crippen molar-refractivity contribution in [2.24, 2.45) is 5.41 Å². The number of hydrogen-bond acceptors (Lipinski definition) is 2. The third-order valence-corrected chi connectivity index (χ3v) is 1.75. The van der Waals surface area contributed by atoms with Crippen LogP contribution in [0.1, 0.15) is 26.5 Å². The number of carbonyl (C=O) groups excluding carboxylic acids is 1. The van der Waals surface area contributed by atoms with Gasteiger partial charge in [-0.15, -0.1) is 0 Å². The normalized spacial score (nSPS) is 11.6. The predicted molar refractivity (Wildman–Crippen MR) is 46.9 cm³/mol. The SMILES string of the molecule is CC(C)(C)C(=O)Cc1ccco1. The van der Waals surface area contributed by atoms with E-state index in [9.17, 15) is 4.79 Å². The zero-order chi connectivity index (χ0) is 9.19. The lowest BCUT2D eigenvalue weighted by Crippen LogP contribution is -2.21. The van der Waals surface area contributed by atoms with Gasteiger partial charge in [-0.25, -0.2) is 0 Å². The van der Waals surface area contributed by atoms with Crippen LogP contribution in [0.2, 0.25) is 0 Å². The van der Waals surface area contributed by atoms with E-state index >= 15 is 0 Å². The summed E-state index contributed by atoms with van der Waals surface area (Å²) in [5, 5.41) is 0. The van der Waals surface area contributed by atoms with E-state index in [1.54, 1.807) is 12.3 Å². The monoisotopic (exact) mass is 166 g/mol. The first kappa shape index (κ1) is 9.04. The Kier molecular flexibility index (Phi) is 2.36. The number of ketones is 1. The molecule has 0 aromatic carbocycles. The molecule has 1 aromatic heterocycles. The van der Waals surface area contributed by atoms with Gasteiger partial charge in [0.1, 0.15) is 11.5 Å². The summed E-state index contributed by atoms with van der Waals surface area (Å²) >= 11 is 0. The Morgan fingerprint density at radius 1 is 1.50 bits per heavy atom. The van der Waals surface area contributed by atoms with Crippen LogP contribution in [-0.2, 0) is 11.2 Å². The highest BCUT2D eigenvalue weighted by atomic mass is 16.3. The summed E-state index contributed by atoms with van der Waals surface area (Å²) in [5.41, 5.74) is -0.271. The van der Waals surface area contributed by atoms with Crippen LogP contribution < -0.4 is 0 Å². The largest absolute Gasteiger partial charge is 0.469 e. The van der Waals surface area contributed by atoms with Crippen molar-refractivity contribution in [3.05, 3.63) is 24.2 Å². The Hall–Kier alpha value is -1.05. The Morgan fingerprint density at radius 3 is 2.58 bits per heavy atom. The summed E-state index contributed by atoms with van der Waals surface area (Å²) in [6.45, 7) is 5.74. The van der Waals surface area contributed by atoms with E-state index in [0.29, 0.717) is 6.42 Å². The highest BCUT2D eigenvalue weighted by Gasteiger charge is 2.21. The predicted octanol–water partition coefficient (Wildman–Crippen LogP) is 2.44. The van der Waals surface area contributed by atoms with Gasteiger partial charge in [0.25, 0.3) is 0 Å². The van der Waals surface area contributed by atoms with E-state index in [1.807, 2.05) is 26.8 Å². The minimum absolute atomic E-state index is 0.206. The number of Topliss-reactive ketones (excluding diaryl/α,β-unsaturated/α-hetero) is 1. The van der Waals surface area contributed by atoms with Crippen LogP contribution in [0.15, 0.2) is 22.8 Å². The zero-order valence-corrected chi connectivity index (χ0v) is 7.76. The van der Waals surface area contributed by atoms with Gasteiger partial charge in [0.05, 0.1) is 12.7 Å². The molecule has 0 aliphatic heterocycles. The third-order valence-electron chi connectivity index (χ3n) is 1.75. The first-order valence-electron chi connectivity index (χ1n) is 4.06. The van der Waals surface area contributed by atoms with Gasteiger partial charge in [0, 0.05) is 5.41 Å². The van der Waals surface area contributed by atoms with Crippen LogP contribution in [0, 0.1) is 5.41 Å². The average molecular weight is 166 g/mol. The van der Waals surface area contributed by atoms with Crippen molar-refractivity contribution in [2.75, 3.05) is 0 Å². The van der Waals surface area contributed by atoms with Crippen molar-refractivity contribution in [3.8, 4) is 0 Å². The van der Waals surface area contributed by atoms with Crippen molar-refractivity contribution < 1.29 is 9.21 Å². The lowest BCUT2D eigenvalue weighted by molar-refractivity contribution is -0.125. The van der Waals surface area contributed by atoms with Crippen molar-refractivity contribution in [2.45, 2.75) is 27.2 Å². The molecule has 0 radical (unpaired) electrons. The van der Waals surface area contributed by atoms with Crippen molar-refractivity contribution >= 4 is 5.78 Å². The second-order valence-corrected chi connectivity index (χ2v) is 3.93. The molecule has 1 heterocycles. The molecule has 0 amide bonds. The molecular weight excluding hydrogens is 152 g/mol. The smallest absolute Gasteiger partial charge is 0.145 e. The number of carbonyl (C=O) groups is 1. The Morgan fingerprint density at radius 2 is 2.17 bits per heavy atom. The van der Waals surface area contributed by atoms with E-state index < -0.39 is 0 Å². The van der Waals surface area contributed by atoms with Gasteiger partial charge in [-0.3, -0.25) is 4.79 Å². The minimum atomic E-state index is -0.271. The number of furan rings is 1. The molecule has 2 heteroatoms. The fourth-order valence-corrected chi connectivity index (χ4v) is 0.837. The fraction of sp³-hybridized carbons (Fsp3) is 0.500. The second-order valence-electron chi connectivity index (χ2n) is 3.93. The second kappa shape index (κ2) is 3.13. The fourth-order valence-electron chi connectivity index (χ4n) is 0.837. The van der Waals surface area contributed by atoms with Gasteiger partial charge in [0.2, 0.25) is 0 Å². The molecule has 0 spiro atoms. The molecule has 66 valence electrons. The summed E-state index contributed by atoms with van der Waals surface area (Å²) in [4.78, 5) is 11.5. The van der Waals surface area contributed by atoms with Gasteiger partial charge in [-0.05, 0) is 12.1 Å². The Labute approximate surface area is 72.6 Å². The van der Waals surface area contributed by atoms with Crippen molar-refractivity contribution in [1.82, 2.24) is 0 Å². The lowest BCUT2D eigenvalue weighted by Gasteiger charge is -2.14. The molecule has 0 aliphatic rings. The molecule has 2 nitrogen and oxygen atoms in total. The highest BCUT2D eigenvalue weighted by Crippen LogP contribution is 2.17. The van der Waals surface area contributed by atoms with E-state index in [1.165, 1.54) is 0 Å². The molecule has 12 heavy (non-hydrogen) atoms. The summed E-state index contributed by atoms with van der Waals surface area (Å²) in [6, 6.07) is 3.62. The van der Waals surface area contributed by atoms with Crippen LogP contribution >= 0.6 is 0 Å². The quantitative estimate of drug-likeness (QED) is 0.675. The number of hydrogen-bond donors (Lipinski definition) is 0. The molecule has 1 aromatic rings. The van der Waals surface area contributed by atoms with Gasteiger partial charge < -0.3 is 4.42 Å². The molecule has 0 saturated carbocycles. The zero-order valence-electron chi connectivity index (χ0n) is 7.76. The molecule has 0 unspecified atom stereocenters. The van der Waals surface area contributed by atoms with Gasteiger partial charge in [-0.2, -0.15) is 0 Å². The molecule has 0 N–H and O–H groups in total. The lowest BCUT2D eigenvalue weighted by atomic mass is 9.88. The van der Waals surface area contributed by atoms with Crippen LogP contribution in [0.4, 0.5) is 0 Å². The molecular formula is C10H14O2. The number of rotatable bonds is 2. The van der Waals surface area contributed by atoms with E-state index in [-0.39, 0.29) is 11.2 Å². The minimum Gasteiger partial charge on any atom is -0.469 e. The topological polar surface area (TPSA) is 30.2 Å². The van der Waals surface area contributed by atoms with Crippen molar-refractivity contribution in [1.29, 1.82) is 0 Å².